The third-order valence-corrected chi connectivity index (χ3v) is 4.98. The molecule has 2 atom stereocenters. The molecule has 1 amide bonds. The number of rotatable bonds is 6. The number of hydrogen-bond acceptors (Lipinski definition) is 5. The van der Waals surface area contributed by atoms with Gasteiger partial charge in [-0.05, 0) is 70.7 Å². The summed E-state index contributed by atoms with van der Waals surface area (Å²) < 4.78 is 17.6. The highest BCUT2D eigenvalue weighted by Gasteiger charge is 2.25. The topological polar surface area (TPSA) is 69.7 Å². The van der Waals surface area contributed by atoms with E-state index in [1.807, 2.05) is 59.0 Å². The summed E-state index contributed by atoms with van der Waals surface area (Å²) in [4.78, 5) is 16.6. The van der Waals surface area contributed by atoms with Crippen LogP contribution in [0.4, 0.5) is 4.79 Å². The second-order valence-corrected chi connectivity index (χ2v) is 9.61. The molecule has 0 saturated heterocycles. The van der Waals surface area contributed by atoms with Crippen LogP contribution in [0.2, 0.25) is 0 Å². The van der Waals surface area contributed by atoms with E-state index < -0.39 is 11.7 Å². The van der Waals surface area contributed by atoms with Crippen molar-refractivity contribution in [2.75, 3.05) is 6.61 Å². The third-order valence-electron chi connectivity index (χ3n) is 4.98. The van der Waals surface area contributed by atoms with Crippen molar-refractivity contribution >= 4 is 6.09 Å². The lowest BCUT2D eigenvalue weighted by atomic mass is 9.94. The predicted molar refractivity (Wildman–Crippen MR) is 122 cm³/mol. The van der Waals surface area contributed by atoms with Crippen LogP contribution < -0.4 is 14.8 Å². The average Bonchev–Trinajstić information content (AvgIpc) is 2.63. The lowest BCUT2D eigenvalue weighted by Crippen LogP contribution is -2.42. The summed E-state index contributed by atoms with van der Waals surface area (Å²) in [5, 5.41) is 2.94. The van der Waals surface area contributed by atoms with E-state index in [0.717, 1.165) is 34.6 Å². The molecule has 0 bridgehead atoms. The van der Waals surface area contributed by atoms with Crippen LogP contribution in [0.3, 0.4) is 0 Å². The highest BCUT2D eigenvalue weighted by Crippen LogP contribution is 2.43. The molecule has 6 nitrogen and oxygen atoms in total. The second-order valence-electron chi connectivity index (χ2n) is 9.61. The lowest BCUT2D eigenvalue weighted by molar-refractivity contribution is 0.0480. The van der Waals surface area contributed by atoms with Crippen LogP contribution in [0.25, 0.3) is 11.1 Å². The highest BCUT2D eigenvalue weighted by atomic mass is 16.6. The van der Waals surface area contributed by atoms with Crippen LogP contribution in [0.15, 0.2) is 30.5 Å². The molecule has 0 radical (unpaired) electrons. The number of carbonyl (C=O) groups excluding carboxylic acids is 1. The van der Waals surface area contributed by atoms with Crippen LogP contribution in [0.5, 0.6) is 11.5 Å². The number of alkyl carbamates (subject to hydrolysis) is 1. The maximum Gasteiger partial charge on any atom is 0.407 e. The number of hydrogen-bond donors (Lipinski definition) is 1. The number of nitrogens with zero attached hydrogens (tertiary/aromatic N) is 1. The number of nitrogens with one attached hydrogen (secondary N) is 1. The number of fused-ring (bicyclic) bond motifs is 3. The summed E-state index contributed by atoms with van der Waals surface area (Å²) >= 11 is 0. The van der Waals surface area contributed by atoms with Gasteiger partial charge in [-0.2, -0.15) is 0 Å². The molecule has 3 rings (SSSR count). The van der Waals surface area contributed by atoms with Crippen LogP contribution in [0, 0.1) is 12.8 Å². The quantitative estimate of drug-likeness (QED) is 0.629. The van der Waals surface area contributed by atoms with Crippen molar-refractivity contribution in [1.29, 1.82) is 0 Å². The number of ether oxygens (including phenoxy) is 3. The first-order valence-corrected chi connectivity index (χ1v) is 10.9. The zero-order chi connectivity index (χ0) is 22.8. The fourth-order valence-corrected chi connectivity index (χ4v) is 3.70. The molecule has 1 aromatic heterocycles. The van der Waals surface area contributed by atoms with E-state index in [1.165, 1.54) is 0 Å². The Kier molecular flexibility index (Phi) is 6.77. The smallest absolute Gasteiger partial charge is 0.407 e. The summed E-state index contributed by atoms with van der Waals surface area (Å²) in [6.45, 7) is 14.2. The Hall–Kier alpha value is -2.76. The SMILES string of the molecule is Cc1cc2c(cn1)C(C)Oc1cc(OC[C@H](CC(C)C)NC(=O)OC(C)(C)C)ccc1-2. The largest absolute Gasteiger partial charge is 0.491 e. The van der Waals surface area contributed by atoms with Crippen molar-refractivity contribution in [2.24, 2.45) is 5.92 Å². The molecule has 0 spiro atoms. The van der Waals surface area contributed by atoms with Crippen molar-refractivity contribution in [2.45, 2.75) is 72.6 Å². The minimum absolute atomic E-state index is 0.0756. The molecule has 1 unspecified atom stereocenters. The van der Waals surface area contributed by atoms with Crippen LogP contribution in [-0.4, -0.2) is 29.3 Å². The second kappa shape index (κ2) is 9.16. The molecule has 1 N–H and O–H groups in total. The predicted octanol–water partition coefficient (Wildman–Crippen LogP) is 5.83. The van der Waals surface area contributed by atoms with Crippen molar-refractivity contribution in [1.82, 2.24) is 10.3 Å². The number of benzene rings is 1. The van der Waals surface area contributed by atoms with Crippen molar-refractivity contribution in [3.63, 3.8) is 0 Å². The molecule has 2 aromatic rings. The third kappa shape index (κ3) is 6.12. The Balaban J connectivity index is 1.72. The summed E-state index contributed by atoms with van der Waals surface area (Å²) in [6.07, 6.45) is 2.18. The minimum atomic E-state index is -0.538. The number of aryl methyl sites for hydroxylation is 1. The molecule has 1 aromatic carbocycles. The van der Waals surface area contributed by atoms with Gasteiger partial charge >= 0.3 is 6.09 Å². The molecule has 6 heteroatoms. The van der Waals surface area contributed by atoms with Crippen LogP contribution in [-0.2, 0) is 4.74 Å². The number of pyridine rings is 1. The molecule has 1 aliphatic heterocycles. The Bertz CT molecular complexity index is 934. The minimum Gasteiger partial charge on any atom is -0.491 e. The molecule has 2 heterocycles. The number of amides is 1. The molecule has 1 aliphatic rings. The highest BCUT2D eigenvalue weighted by molar-refractivity contribution is 5.76. The maximum absolute atomic E-state index is 12.2. The van der Waals surface area contributed by atoms with Crippen molar-refractivity contribution in [3.05, 3.63) is 41.7 Å². The van der Waals surface area contributed by atoms with Gasteiger partial charge in [-0.1, -0.05) is 13.8 Å². The molecular formula is C25H34N2O4. The fourth-order valence-electron chi connectivity index (χ4n) is 3.70. The number of aromatic nitrogens is 1. The van der Waals surface area contributed by atoms with Gasteiger partial charge in [-0.3, -0.25) is 4.98 Å². The van der Waals surface area contributed by atoms with Gasteiger partial charge in [0.2, 0.25) is 0 Å². The van der Waals surface area contributed by atoms with Gasteiger partial charge in [-0.15, -0.1) is 0 Å². The van der Waals surface area contributed by atoms with E-state index in [2.05, 4.69) is 30.2 Å². The Morgan fingerprint density at radius 2 is 1.97 bits per heavy atom. The van der Waals surface area contributed by atoms with Gasteiger partial charge in [0.1, 0.15) is 29.8 Å². The Morgan fingerprint density at radius 3 is 2.65 bits per heavy atom. The molecule has 168 valence electrons. The standard InChI is InChI=1S/C25H34N2O4/c1-15(2)10-18(27-24(28)31-25(5,6)7)14-29-19-8-9-20-21-11-16(3)26-13-22(21)17(4)30-23(20)12-19/h8-9,11-13,15,17-18H,10,14H2,1-7H3,(H,27,28)/t17?,18-/m0/s1. The monoisotopic (exact) mass is 426 g/mol. The zero-order valence-corrected chi connectivity index (χ0v) is 19.6. The Labute approximate surface area is 185 Å². The van der Waals surface area contributed by atoms with E-state index in [9.17, 15) is 4.79 Å². The fraction of sp³-hybridized carbons (Fsp3) is 0.520. The van der Waals surface area contributed by atoms with Gasteiger partial charge in [-0.25, -0.2) is 4.79 Å². The molecular weight excluding hydrogens is 392 g/mol. The van der Waals surface area contributed by atoms with E-state index in [0.29, 0.717) is 18.3 Å². The van der Waals surface area contributed by atoms with Gasteiger partial charge in [0.15, 0.2) is 0 Å². The van der Waals surface area contributed by atoms with Gasteiger partial charge in [0.05, 0.1) is 6.04 Å². The summed E-state index contributed by atoms with van der Waals surface area (Å²) in [7, 11) is 0. The summed E-state index contributed by atoms with van der Waals surface area (Å²) in [5.74, 6) is 1.91. The molecule has 0 saturated carbocycles. The van der Waals surface area contributed by atoms with Gasteiger partial charge in [0, 0.05) is 29.1 Å². The lowest BCUT2D eigenvalue weighted by Gasteiger charge is -2.27. The van der Waals surface area contributed by atoms with Crippen molar-refractivity contribution in [3.8, 4) is 22.6 Å². The summed E-state index contributed by atoms with van der Waals surface area (Å²) in [6, 6.07) is 7.83. The van der Waals surface area contributed by atoms with E-state index in [4.69, 9.17) is 14.2 Å². The zero-order valence-electron chi connectivity index (χ0n) is 19.6. The van der Waals surface area contributed by atoms with Crippen LogP contribution in [0.1, 0.15) is 65.3 Å². The summed E-state index contributed by atoms with van der Waals surface area (Å²) in [5.41, 5.74) is 3.71. The van der Waals surface area contributed by atoms with E-state index in [-0.39, 0.29) is 12.1 Å². The molecule has 31 heavy (non-hydrogen) atoms. The van der Waals surface area contributed by atoms with Crippen molar-refractivity contribution < 1.29 is 19.0 Å². The first-order valence-electron chi connectivity index (χ1n) is 10.9. The number of carbonyl (C=O) groups is 1. The normalized spacial score (nSPS) is 16.1. The van der Waals surface area contributed by atoms with E-state index >= 15 is 0 Å². The average molecular weight is 427 g/mol. The molecule has 0 fully saturated rings. The first-order chi connectivity index (χ1) is 14.5. The van der Waals surface area contributed by atoms with Gasteiger partial charge < -0.3 is 19.5 Å². The van der Waals surface area contributed by atoms with Crippen LogP contribution >= 0.6 is 0 Å². The Morgan fingerprint density at radius 1 is 1.23 bits per heavy atom. The molecule has 0 aliphatic carbocycles. The van der Waals surface area contributed by atoms with E-state index in [1.54, 1.807) is 0 Å². The first kappa shape index (κ1) is 22.9. The maximum atomic E-state index is 12.2. The van der Waals surface area contributed by atoms with Gasteiger partial charge in [0.25, 0.3) is 0 Å².